The minimum absolute atomic E-state index is 0.408. The van der Waals surface area contributed by atoms with E-state index in [0.29, 0.717) is 6.42 Å². The van der Waals surface area contributed by atoms with Crippen LogP contribution in [0.25, 0.3) is 0 Å². The molecule has 1 N–H and O–H groups in total. The second-order valence-electron chi connectivity index (χ2n) is 3.17. The zero-order valence-electron chi connectivity index (χ0n) is 8.02. The Labute approximate surface area is 83.9 Å². The Hall–Kier alpha value is -1.57. The van der Waals surface area contributed by atoms with Gasteiger partial charge in [-0.1, -0.05) is 36.4 Å². The molecule has 1 rings (SSSR count). The SMILES string of the molecule is C=CCCC(C(=O)O)c1ccccc1. The number of hydrogen-bond acceptors (Lipinski definition) is 1. The quantitative estimate of drug-likeness (QED) is 0.725. The molecule has 0 radical (unpaired) electrons. The van der Waals surface area contributed by atoms with Crippen LogP contribution in [0.4, 0.5) is 0 Å². The van der Waals surface area contributed by atoms with Crippen LogP contribution in [0.15, 0.2) is 43.0 Å². The molecule has 14 heavy (non-hydrogen) atoms. The van der Waals surface area contributed by atoms with Gasteiger partial charge in [0, 0.05) is 0 Å². The minimum atomic E-state index is -0.766. The molecule has 1 atom stereocenters. The van der Waals surface area contributed by atoms with Crippen molar-refractivity contribution in [3.8, 4) is 0 Å². The van der Waals surface area contributed by atoms with Crippen molar-refractivity contribution < 1.29 is 9.90 Å². The fraction of sp³-hybridized carbons (Fsp3) is 0.250. The number of aliphatic carboxylic acids is 1. The molecule has 0 heterocycles. The molecule has 0 amide bonds. The van der Waals surface area contributed by atoms with Crippen molar-refractivity contribution in [2.45, 2.75) is 18.8 Å². The van der Waals surface area contributed by atoms with E-state index in [1.807, 2.05) is 30.3 Å². The van der Waals surface area contributed by atoms with E-state index in [-0.39, 0.29) is 0 Å². The molecule has 1 aromatic carbocycles. The smallest absolute Gasteiger partial charge is 0.310 e. The fourth-order valence-electron chi connectivity index (χ4n) is 1.40. The van der Waals surface area contributed by atoms with Crippen LogP contribution in [0, 0.1) is 0 Å². The van der Waals surface area contributed by atoms with Gasteiger partial charge >= 0.3 is 5.97 Å². The van der Waals surface area contributed by atoms with Gasteiger partial charge in [0.15, 0.2) is 0 Å². The number of carboxylic acids is 1. The predicted octanol–water partition coefficient (Wildman–Crippen LogP) is 2.82. The van der Waals surface area contributed by atoms with Gasteiger partial charge in [0.05, 0.1) is 5.92 Å². The standard InChI is InChI=1S/C12H14O2/c1-2-3-9-11(12(13)14)10-7-5-4-6-8-10/h2,4-8,11H,1,3,9H2,(H,13,14). The Morgan fingerprint density at radius 2 is 2.07 bits per heavy atom. The van der Waals surface area contributed by atoms with Gasteiger partial charge in [-0.15, -0.1) is 6.58 Å². The molecular formula is C12H14O2. The molecule has 0 saturated carbocycles. The van der Waals surface area contributed by atoms with Crippen molar-refractivity contribution in [1.29, 1.82) is 0 Å². The number of allylic oxidation sites excluding steroid dienone is 1. The van der Waals surface area contributed by atoms with Crippen molar-refractivity contribution in [3.63, 3.8) is 0 Å². The molecule has 2 nitrogen and oxygen atoms in total. The molecular weight excluding hydrogens is 176 g/mol. The van der Waals surface area contributed by atoms with Crippen molar-refractivity contribution in [2.24, 2.45) is 0 Å². The van der Waals surface area contributed by atoms with Crippen LogP contribution in [-0.2, 0) is 4.79 Å². The van der Waals surface area contributed by atoms with E-state index in [0.717, 1.165) is 12.0 Å². The van der Waals surface area contributed by atoms with Crippen molar-refractivity contribution >= 4 is 5.97 Å². The zero-order chi connectivity index (χ0) is 10.4. The monoisotopic (exact) mass is 190 g/mol. The van der Waals surface area contributed by atoms with Crippen molar-refractivity contribution in [2.75, 3.05) is 0 Å². The maximum Gasteiger partial charge on any atom is 0.310 e. The molecule has 0 aliphatic heterocycles. The number of carbonyl (C=O) groups is 1. The second kappa shape index (κ2) is 5.22. The van der Waals surface area contributed by atoms with Crippen LogP contribution in [0.3, 0.4) is 0 Å². The predicted molar refractivity (Wildman–Crippen MR) is 56.2 cm³/mol. The lowest BCUT2D eigenvalue weighted by atomic mass is 9.94. The van der Waals surface area contributed by atoms with Crippen LogP contribution in [0.5, 0.6) is 0 Å². The molecule has 0 bridgehead atoms. The van der Waals surface area contributed by atoms with E-state index >= 15 is 0 Å². The van der Waals surface area contributed by atoms with E-state index in [2.05, 4.69) is 6.58 Å². The fourth-order valence-corrected chi connectivity index (χ4v) is 1.40. The molecule has 0 aliphatic carbocycles. The van der Waals surface area contributed by atoms with Gasteiger partial charge in [-0.3, -0.25) is 4.79 Å². The van der Waals surface area contributed by atoms with Gasteiger partial charge in [0.1, 0.15) is 0 Å². The largest absolute Gasteiger partial charge is 0.481 e. The summed E-state index contributed by atoms with van der Waals surface area (Å²) >= 11 is 0. The van der Waals surface area contributed by atoms with Gasteiger partial charge in [-0.05, 0) is 18.4 Å². The highest BCUT2D eigenvalue weighted by molar-refractivity contribution is 5.76. The Kier molecular flexibility index (Phi) is 3.92. The summed E-state index contributed by atoms with van der Waals surface area (Å²) in [5.74, 6) is -1.17. The molecule has 74 valence electrons. The van der Waals surface area contributed by atoms with Crippen LogP contribution in [-0.4, -0.2) is 11.1 Å². The van der Waals surface area contributed by atoms with E-state index in [1.165, 1.54) is 0 Å². The third kappa shape index (κ3) is 2.73. The van der Waals surface area contributed by atoms with Gasteiger partial charge in [0.25, 0.3) is 0 Å². The summed E-state index contributed by atoms with van der Waals surface area (Å²) in [5, 5.41) is 9.02. The zero-order valence-corrected chi connectivity index (χ0v) is 8.02. The minimum Gasteiger partial charge on any atom is -0.481 e. The first-order valence-electron chi connectivity index (χ1n) is 4.64. The van der Waals surface area contributed by atoms with Crippen LogP contribution in [0.2, 0.25) is 0 Å². The second-order valence-corrected chi connectivity index (χ2v) is 3.17. The number of rotatable bonds is 5. The Balaban J connectivity index is 2.78. The van der Waals surface area contributed by atoms with Crippen LogP contribution >= 0.6 is 0 Å². The number of carboxylic acid groups (broad SMARTS) is 1. The summed E-state index contributed by atoms with van der Waals surface area (Å²) in [6, 6.07) is 9.30. The first-order chi connectivity index (χ1) is 6.75. The van der Waals surface area contributed by atoms with E-state index in [4.69, 9.17) is 5.11 Å². The molecule has 0 fully saturated rings. The van der Waals surface area contributed by atoms with Gasteiger partial charge in [0.2, 0.25) is 0 Å². The molecule has 2 heteroatoms. The Bertz CT molecular complexity index is 303. The summed E-state index contributed by atoms with van der Waals surface area (Å²) in [4.78, 5) is 11.0. The highest BCUT2D eigenvalue weighted by atomic mass is 16.4. The highest BCUT2D eigenvalue weighted by Gasteiger charge is 2.17. The summed E-state index contributed by atoms with van der Waals surface area (Å²) in [6.45, 7) is 3.59. The van der Waals surface area contributed by atoms with Gasteiger partial charge in [-0.2, -0.15) is 0 Å². The first-order valence-corrected chi connectivity index (χ1v) is 4.64. The average molecular weight is 190 g/mol. The Morgan fingerprint density at radius 1 is 1.43 bits per heavy atom. The topological polar surface area (TPSA) is 37.3 Å². The third-order valence-electron chi connectivity index (χ3n) is 2.16. The lowest BCUT2D eigenvalue weighted by molar-refractivity contribution is -0.138. The lowest BCUT2D eigenvalue weighted by Gasteiger charge is -2.10. The normalized spacial score (nSPS) is 12.0. The van der Waals surface area contributed by atoms with Gasteiger partial charge in [-0.25, -0.2) is 0 Å². The molecule has 0 aromatic heterocycles. The highest BCUT2D eigenvalue weighted by Crippen LogP contribution is 2.21. The van der Waals surface area contributed by atoms with Crippen molar-refractivity contribution in [1.82, 2.24) is 0 Å². The average Bonchev–Trinajstić information content (AvgIpc) is 2.19. The van der Waals surface area contributed by atoms with Crippen LogP contribution < -0.4 is 0 Å². The molecule has 0 spiro atoms. The number of hydrogen-bond donors (Lipinski definition) is 1. The first kappa shape index (κ1) is 10.5. The Morgan fingerprint density at radius 3 is 2.57 bits per heavy atom. The summed E-state index contributed by atoms with van der Waals surface area (Å²) in [7, 11) is 0. The summed E-state index contributed by atoms with van der Waals surface area (Å²) in [6.07, 6.45) is 3.09. The van der Waals surface area contributed by atoms with E-state index in [9.17, 15) is 4.79 Å². The maximum atomic E-state index is 11.0. The molecule has 0 saturated heterocycles. The summed E-state index contributed by atoms with van der Waals surface area (Å²) in [5.41, 5.74) is 0.863. The maximum absolute atomic E-state index is 11.0. The van der Waals surface area contributed by atoms with Crippen molar-refractivity contribution in [3.05, 3.63) is 48.6 Å². The third-order valence-corrected chi connectivity index (χ3v) is 2.16. The molecule has 1 unspecified atom stereocenters. The molecule has 1 aromatic rings. The van der Waals surface area contributed by atoms with Gasteiger partial charge < -0.3 is 5.11 Å². The van der Waals surface area contributed by atoms with Crippen LogP contribution in [0.1, 0.15) is 24.3 Å². The number of benzene rings is 1. The van der Waals surface area contributed by atoms with E-state index < -0.39 is 11.9 Å². The van der Waals surface area contributed by atoms with E-state index in [1.54, 1.807) is 6.08 Å². The lowest BCUT2D eigenvalue weighted by Crippen LogP contribution is -2.11. The summed E-state index contributed by atoms with van der Waals surface area (Å²) < 4.78 is 0. The molecule has 0 aliphatic rings.